The van der Waals surface area contributed by atoms with Crippen molar-refractivity contribution >= 4 is 21.9 Å². The summed E-state index contributed by atoms with van der Waals surface area (Å²) in [7, 11) is 0. The van der Waals surface area contributed by atoms with Gasteiger partial charge in [-0.2, -0.15) is 10.4 Å². The SMILES string of the molecule is N#CCc1cc(Br)nn1CCC(=O)O. The molecule has 74 valence electrons. The van der Waals surface area contributed by atoms with Crippen molar-refractivity contribution in [2.45, 2.75) is 19.4 Å². The Labute approximate surface area is 89.1 Å². The van der Waals surface area contributed by atoms with Crippen molar-refractivity contribution in [2.24, 2.45) is 0 Å². The van der Waals surface area contributed by atoms with E-state index in [1.807, 2.05) is 6.07 Å². The largest absolute Gasteiger partial charge is 0.481 e. The maximum Gasteiger partial charge on any atom is 0.305 e. The number of nitriles is 1. The standard InChI is InChI=1S/C8H8BrN3O2/c9-7-5-6(1-3-10)12(11-7)4-2-8(13)14/h5H,1-2,4H2,(H,13,14). The van der Waals surface area contributed by atoms with Crippen molar-refractivity contribution < 1.29 is 9.90 Å². The summed E-state index contributed by atoms with van der Waals surface area (Å²) in [4.78, 5) is 10.3. The van der Waals surface area contributed by atoms with Crippen LogP contribution in [0.5, 0.6) is 0 Å². The molecule has 0 aliphatic carbocycles. The zero-order chi connectivity index (χ0) is 10.6. The fourth-order valence-electron chi connectivity index (χ4n) is 1.04. The number of aryl methyl sites for hydroxylation is 1. The maximum absolute atomic E-state index is 10.3. The molecule has 0 saturated heterocycles. The van der Waals surface area contributed by atoms with Crippen LogP contribution in [0.3, 0.4) is 0 Å². The molecule has 1 heterocycles. The highest BCUT2D eigenvalue weighted by atomic mass is 79.9. The Bertz CT molecular complexity index is 380. The maximum atomic E-state index is 10.3. The molecule has 0 radical (unpaired) electrons. The van der Waals surface area contributed by atoms with Gasteiger partial charge in [0.05, 0.1) is 31.1 Å². The Morgan fingerprint density at radius 1 is 1.79 bits per heavy atom. The first-order valence-corrected chi connectivity index (χ1v) is 4.73. The molecule has 0 aromatic carbocycles. The van der Waals surface area contributed by atoms with E-state index < -0.39 is 5.97 Å². The van der Waals surface area contributed by atoms with Gasteiger partial charge < -0.3 is 5.11 Å². The fraction of sp³-hybridized carbons (Fsp3) is 0.375. The minimum atomic E-state index is -0.875. The van der Waals surface area contributed by atoms with E-state index in [1.165, 1.54) is 4.68 Å². The molecule has 0 spiro atoms. The number of halogens is 1. The molecule has 0 atom stereocenters. The molecule has 5 nitrogen and oxygen atoms in total. The van der Waals surface area contributed by atoms with E-state index in [0.29, 0.717) is 4.60 Å². The number of aliphatic carboxylic acids is 1. The van der Waals surface area contributed by atoms with Crippen LogP contribution < -0.4 is 0 Å². The number of carboxylic acid groups (broad SMARTS) is 1. The third-order valence-corrected chi connectivity index (χ3v) is 2.02. The second-order valence-electron chi connectivity index (χ2n) is 2.66. The van der Waals surface area contributed by atoms with E-state index in [4.69, 9.17) is 10.4 Å². The number of nitrogens with zero attached hydrogens (tertiary/aromatic N) is 3. The van der Waals surface area contributed by atoms with Crippen LogP contribution in [0.4, 0.5) is 0 Å². The smallest absolute Gasteiger partial charge is 0.305 e. The number of hydrogen-bond donors (Lipinski definition) is 1. The van der Waals surface area contributed by atoms with Crippen molar-refractivity contribution in [1.29, 1.82) is 5.26 Å². The topological polar surface area (TPSA) is 78.9 Å². The third kappa shape index (κ3) is 2.85. The lowest BCUT2D eigenvalue weighted by atomic mass is 10.3. The summed E-state index contributed by atoms with van der Waals surface area (Å²) in [6.07, 6.45) is 0.241. The van der Waals surface area contributed by atoms with Crippen LogP contribution in [0.25, 0.3) is 0 Å². The average Bonchev–Trinajstić information content (AvgIpc) is 2.44. The summed E-state index contributed by atoms with van der Waals surface area (Å²) >= 11 is 3.17. The Kier molecular flexibility index (Phi) is 3.65. The van der Waals surface area contributed by atoms with Crippen LogP contribution in [0.2, 0.25) is 0 Å². The Balaban J connectivity index is 2.74. The first-order chi connectivity index (χ1) is 6.63. The molecular formula is C8H8BrN3O2. The molecule has 0 bridgehead atoms. The number of carboxylic acids is 1. The van der Waals surface area contributed by atoms with E-state index in [0.717, 1.165) is 5.69 Å². The number of hydrogen-bond acceptors (Lipinski definition) is 3. The lowest BCUT2D eigenvalue weighted by molar-refractivity contribution is -0.137. The van der Waals surface area contributed by atoms with Gasteiger partial charge in [-0.25, -0.2) is 0 Å². The molecular weight excluding hydrogens is 250 g/mol. The highest BCUT2D eigenvalue weighted by molar-refractivity contribution is 9.10. The first-order valence-electron chi connectivity index (χ1n) is 3.94. The van der Waals surface area contributed by atoms with Gasteiger partial charge in [-0.15, -0.1) is 0 Å². The van der Waals surface area contributed by atoms with Crippen LogP contribution in [0.1, 0.15) is 12.1 Å². The van der Waals surface area contributed by atoms with Crippen molar-refractivity contribution in [3.8, 4) is 6.07 Å². The lowest BCUT2D eigenvalue weighted by Gasteiger charge is -2.01. The molecule has 14 heavy (non-hydrogen) atoms. The molecule has 1 rings (SSSR count). The van der Waals surface area contributed by atoms with E-state index in [-0.39, 0.29) is 19.4 Å². The molecule has 6 heteroatoms. The molecule has 0 amide bonds. The predicted octanol–water partition coefficient (Wildman–Crippen LogP) is 1.19. The van der Waals surface area contributed by atoms with Crippen LogP contribution >= 0.6 is 15.9 Å². The summed E-state index contributed by atoms with van der Waals surface area (Å²) in [6, 6.07) is 3.71. The van der Waals surface area contributed by atoms with Gasteiger partial charge in [0.25, 0.3) is 0 Å². The summed E-state index contributed by atoms with van der Waals surface area (Å²) in [5.41, 5.74) is 0.723. The fourth-order valence-corrected chi connectivity index (χ4v) is 1.49. The second kappa shape index (κ2) is 4.77. The van der Waals surface area contributed by atoms with E-state index >= 15 is 0 Å². The molecule has 0 aliphatic rings. The second-order valence-corrected chi connectivity index (χ2v) is 3.47. The first kappa shape index (κ1) is 10.7. The van der Waals surface area contributed by atoms with Gasteiger partial charge in [0.1, 0.15) is 4.60 Å². The summed E-state index contributed by atoms with van der Waals surface area (Å²) in [5, 5.41) is 21.0. The van der Waals surface area contributed by atoms with Gasteiger partial charge in [0.15, 0.2) is 0 Å². The van der Waals surface area contributed by atoms with Crippen molar-refractivity contribution in [1.82, 2.24) is 9.78 Å². The molecule has 1 aromatic heterocycles. The van der Waals surface area contributed by atoms with Gasteiger partial charge >= 0.3 is 5.97 Å². The van der Waals surface area contributed by atoms with Crippen LogP contribution in [-0.4, -0.2) is 20.9 Å². The van der Waals surface area contributed by atoms with Crippen LogP contribution in [0.15, 0.2) is 10.7 Å². The van der Waals surface area contributed by atoms with Crippen molar-refractivity contribution in [3.05, 3.63) is 16.4 Å². The molecule has 1 aromatic rings. The summed E-state index contributed by atoms with van der Waals surface area (Å²) in [5.74, 6) is -0.875. The molecule has 1 N–H and O–H groups in total. The summed E-state index contributed by atoms with van der Waals surface area (Å²) < 4.78 is 2.15. The van der Waals surface area contributed by atoms with Gasteiger partial charge in [0, 0.05) is 0 Å². The molecule has 0 aliphatic heterocycles. The van der Waals surface area contributed by atoms with Gasteiger partial charge in [-0.3, -0.25) is 9.48 Å². The summed E-state index contributed by atoms with van der Waals surface area (Å²) in [6.45, 7) is 0.290. The van der Waals surface area contributed by atoms with Crippen molar-refractivity contribution in [2.75, 3.05) is 0 Å². The van der Waals surface area contributed by atoms with E-state index in [2.05, 4.69) is 21.0 Å². The Morgan fingerprint density at radius 3 is 3.07 bits per heavy atom. The number of carbonyl (C=O) groups is 1. The number of aromatic nitrogens is 2. The highest BCUT2D eigenvalue weighted by Gasteiger charge is 2.07. The van der Waals surface area contributed by atoms with Gasteiger partial charge in [0.2, 0.25) is 0 Å². The van der Waals surface area contributed by atoms with E-state index in [1.54, 1.807) is 6.07 Å². The zero-order valence-corrected chi connectivity index (χ0v) is 8.86. The number of rotatable bonds is 4. The molecule has 0 saturated carbocycles. The quantitative estimate of drug-likeness (QED) is 0.879. The lowest BCUT2D eigenvalue weighted by Crippen LogP contribution is -2.08. The van der Waals surface area contributed by atoms with E-state index in [9.17, 15) is 4.79 Å². The molecule has 0 unspecified atom stereocenters. The highest BCUT2D eigenvalue weighted by Crippen LogP contribution is 2.11. The van der Waals surface area contributed by atoms with Crippen molar-refractivity contribution in [3.63, 3.8) is 0 Å². The normalized spacial score (nSPS) is 9.71. The van der Waals surface area contributed by atoms with Gasteiger partial charge in [-0.05, 0) is 22.0 Å². The minimum Gasteiger partial charge on any atom is -0.481 e. The molecule has 0 fully saturated rings. The van der Waals surface area contributed by atoms with Gasteiger partial charge in [-0.1, -0.05) is 0 Å². The third-order valence-electron chi connectivity index (χ3n) is 1.63. The average molecular weight is 258 g/mol. The minimum absolute atomic E-state index is 0.00650. The Morgan fingerprint density at radius 2 is 2.50 bits per heavy atom. The monoisotopic (exact) mass is 257 g/mol. The van der Waals surface area contributed by atoms with Crippen LogP contribution in [0, 0.1) is 11.3 Å². The Hall–Kier alpha value is -1.35. The predicted molar refractivity (Wildman–Crippen MR) is 51.5 cm³/mol. The zero-order valence-electron chi connectivity index (χ0n) is 7.27. The van der Waals surface area contributed by atoms with Crippen LogP contribution in [-0.2, 0) is 17.8 Å².